The standard InChI is InChI=1S/C18H19BrN4O2S/c1-9-4-11(3)17(13(19)5-9)25-8-15(24)21-12-6-10(2)16-14(7-12)26-18(22-16)23-20/h4-7H,8,20H2,1-3H3,(H,21,24)(H,22,23). The van der Waals surface area contributed by atoms with Gasteiger partial charge >= 0.3 is 0 Å². The van der Waals surface area contributed by atoms with E-state index in [2.05, 4.69) is 31.7 Å². The van der Waals surface area contributed by atoms with Crippen LogP contribution in [0, 0.1) is 20.8 Å². The monoisotopic (exact) mass is 434 g/mol. The lowest BCUT2D eigenvalue weighted by molar-refractivity contribution is -0.118. The number of anilines is 2. The highest BCUT2D eigenvalue weighted by atomic mass is 79.9. The zero-order valence-corrected chi connectivity index (χ0v) is 17.0. The van der Waals surface area contributed by atoms with E-state index in [1.807, 2.05) is 45.0 Å². The maximum atomic E-state index is 12.3. The van der Waals surface area contributed by atoms with Crippen LogP contribution in [0.2, 0.25) is 0 Å². The second kappa shape index (κ2) is 7.61. The van der Waals surface area contributed by atoms with Crippen molar-refractivity contribution in [3.05, 3.63) is 45.4 Å². The van der Waals surface area contributed by atoms with Gasteiger partial charge in [0.05, 0.1) is 14.7 Å². The maximum Gasteiger partial charge on any atom is 0.262 e. The molecule has 0 atom stereocenters. The molecular weight excluding hydrogens is 416 g/mol. The molecule has 136 valence electrons. The normalized spacial score (nSPS) is 10.8. The molecule has 0 aliphatic rings. The van der Waals surface area contributed by atoms with Gasteiger partial charge in [-0.25, -0.2) is 10.8 Å². The number of nitrogens with two attached hydrogens (primary N) is 1. The van der Waals surface area contributed by atoms with Crippen LogP contribution < -0.4 is 21.3 Å². The number of amides is 1. The maximum absolute atomic E-state index is 12.3. The lowest BCUT2D eigenvalue weighted by Gasteiger charge is -2.12. The largest absolute Gasteiger partial charge is 0.482 e. The van der Waals surface area contributed by atoms with E-state index < -0.39 is 0 Å². The highest BCUT2D eigenvalue weighted by Crippen LogP contribution is 2.31. The minimum Gasteiger partial charge on any atom is -0.482 e. The van der Waals surface area contributed by atoms with E-state index in [4.69, 9.17) is 10.6 Å². The van der Waals surface area contributed by atoms with Crippen LogP contribution in [0.1, 0.15) is 16.7 Å². The van der Waals surface area contributed by atoms with Gasteiger partial charge in [0, 0.05) is 5.69 Å². The third-order valence-corrected chi connectivity index (χ3v) is 5.34. The first-order valence-electron chi connectivity index (χ1n) is 7.94. The molecule has 1 heterocycles. The number of nitrogen functional groups attached to an aromatic ring is 1. The zero-order chi connectivity index (χ0) is 18.8. The number of carbonyl (C=O) groups is 1. The highest BCUT2D eigenvalue weighted by molar-refractivity contribution is 9.10. The lowest BCUT2D eigenvalue weighted by atomic mass is 10.1. The number of fused-ring (bicyclic) bond motifs is 1. The number of halogens is 1. The van der Waals surface area contributed by atoms with Gasteiger partial charge in [-0.1, -0.05) is 17.4 Å². The Hall–Kier alpha value is -2.16. The van der Waals surface area contributed by atoms with Crippen LogP contribution in [-0.4, -0.2) is 17.5 Å². The summed E-state index contributed by atoms with van der Waals surface area (Å²) in [7, 11) is 0. The highest BCUT2D eigenvalue weighted by Gasteiger charge is 2.12. The van der Waals surface area contributed by atoms with Gasteiger partial charge in [0.2, 0.25) is 0 Å². The van der Waals surface area contributed by atoms with Gasteiger partial charge in [0.1, 0.15) is 5.75 Å². The van der Waals surface area contributed by atoms with E-state index in [-0.39, 0.29) is 12.5 Å². The summed E-state index contributed by atoms with van der Waals surface area (Å²) in [5.74, 6) is 5.87. The Balaban J connectivity index is 1.71. The Morgan fingerprint density at radius 2 is 2.00 bits per heavy atom. The van der Waals surface area contributed by atoms with Gasteiger partial charge in [-0.2, -0.15) is 0 Å². The molecule has 1 aromatic heterocycles. The summed E-state index contributed by atoms with van der Waals surface area (Å²) in [5, 5.41) is 3.50. The second-order valence-electron chi connectivity index (χ2n) is 6.03. The molecular formula is C18H19BrN4O2S. The number of hydrogen-bond donors (Lipinski definition) is 3. The summed E-state index contributed by atoms with van der Waals surface area (Å²) in [6.45, 7) is 5.84. The third-order valence-electron chi connectivity index (χ3n) is 3.81. The molecule has 2 aromatic carbocycles. The molecule has 0 bridgehead atoms. The molecule has 26 heavy (non-hydrogen) atoms. The molecule has 0 saturated carbocycles. The number of hydrazine groups is 1. The fourth-order valence-corrected chi connectivity index (χ4v) is 4.43. The van der Waals surface area contributed by atoms with E-state index in [0.29, 0.717) is 16.6 Å². The molecule has 4 N–H and O–H groups in total. The Morgan fingerprint density at radius 3 is 2.69 bits per heavy atom. The van der Waals surface area contributed by atoms with Crippen molar-refractivity contribution >= 4 is 54.2 Å². The van der Waals surface area contributed by atoms with Gasteiger partial charge in [-0.3, -0.25) is 10.2 Å². The van der Waals surface area contributed by atoms with Crippen molar-refractivity contribution < 1.29 is 9.53 Å². The molecule has 0 radical (unpaired) electrons. The van der Waals surface area contributed by atoms with E-state index in [1.165, 1.54) is 11.3 Å². The number of thiazole rings is 1. The number of rotatable bonds is 5. The first-order valence-corrected chi connectivity index (χ1v) is 9.55. The van der Waals surface area contributed by atoms with E-state index in [9.17, 15) is 4.79 Å². The number of aryl methyl sites for hydroxylation is 3. The van der Waals surface area contributed by atoms with Gasteiger partial charge in [-0.15, -0.1) is 0 Å². The number of nitrogens with one attached hydrogen (secondary N) is 2. The number of ether oxygens (including phenoxy) is 1. The zero-order valence-electron chi connectivity index (χ0n) is 14.6. The molecule has 0 unspecified atom stereocenters. The van der Waals surface area contributed by atoms with Crippen LogP contribution in [0.15, 0.2) is 28.7 Å². The first-order chi connectivity index (χ1) is 12.4. The third kappa shape index (κ3) is 3.98. The molecule has 0 spiro atoms. The van der Waals surface area contributed by atoms with Crippen LogP contribution in [0.25, 0.3) is 10.2 Å². The Morgan fingerprint density at radius 1 is 1.23 bits per heavy atom. The Kier molecular flexibility index (Phi) is 5.45. The number of nitrogens with zero attached hydrogens (tertiary/aromatic N) is 1. The van der Waals surface area contributed by atoms with Crippen molar-refractivity contribution in [1.29, 1.82) is 0 Å². The van der Waals surface area contributed by atoms with Gasteiger partial charge in [0.15, 0.2) is 11.7 Å². The lowest BCUT2D eigenvalue weighted by Crippen LogP contribution is -2.20. The first kappa shape index (κ1) is 18.6. The molecule has 0 aliphatic heterocycles. The summed E-state index contributed by atoms with van der Waals surface area (Å²) in [6, 6.07) is 7.74. The Bertz CT molecular complexity index is 964. The molecule has 0 aliphatic carbocycles. The van der Waals surface area contributed by atoms with Crippen molar-refractivity contribution in [1.82, 2.24) is 4.98 Å². The topological polar surface area (TPSA) is 89.3 Å². The van der Waals surface area contributed by atoms with E-state index in [1.54, 1.807) is 0 Å². The fraction of sp³-hybridized carbons (Fsp3) is 0.222. The minimum absolute atomic E-state index is 0.0715. The number of aromatic nitrogens is 1. The summed E-state index contributed by atoms with van der Waals surface area (Å²) in [6.07, 6.45) is 0. The average Bonchev–Trinajstić information content (AvgIpc) is 2.97. The van der Waals surface area contributed by atoms with Crippen LogP contribution in [0.5, 0.6) is 5.75 Å². The summed E-state index contributed by atoms with van der Waals surface area (Å²) >= 11 is 4.91. The number of carbonyl (C=O) groups excluding carboxylic acids is 1. The molecule has 6 nitrogen and oxygen atoms in total. The smallest absolute Gasteiger partial charge is 0.262 e. The van der Waals surface area contributed by atoms with Crippen LogP contribution in [-0.2, 0) is 4.79 Å². The average molecular weight is 435 g/mol. The molecule has 3 rings (SSSR count). The van der Waals surface area contributed by atoms with Crippen molar-refractivity contribution in [3.63, 3.8) is 0 Å². The van der Waals surface area contributed by atoms with E-state index in [0.717, 1.165) is 31.4 Å². The van der Waals surface area contributed by atoms with Gasteiger partial charge < -0.3 is 10.1 Å². The molecule has 1 amide bonds. The molecule has 8 heteroatoms. The van der Waals surface area contributed by atoms with Crippen molar-refractivity contribution in [2.45, 2.75) is 20.8 Å². The second-order valence-corrected chi connectivity index (χ2v) is 7.92. The minimum atomic E-state index is -0.225. The van der Waals surface area contributed by atoms with Gasteiger partial charge in [0.25, 0.3) is 5.91 Å². The molecule has 0 fully saturated rings. The quantitative estimate of drug-likeness (QED) is 0.411. The number of benzene rings is 2. The fourth-order valence-electron chi connectivity index (χ4n) is 2.75. The van der Waals surface area contributed by atoms with Crippen molar-refractivity contribution in [2.75, 3.05) is 17.3 Å². The predicted octanol–water partition coefficient (Wildman–Crippen LogP) is 4.29. The predicted molar refractivity (Wildman–Crippen MR) is 110 cm³/mol. The summed E-state index contributed by atoms with van der Waals surface area (Å²) in [5.41, 5.74) is 7.20. The van der Waals surface area contributed by atoms with Gasteiger partial charge in [-0.05, 0) is 71.6 Å². The van der Waals surface area contributed by atoms with Crippen molar-refractivity contribution in [3.8, 4) is 5.75 Å². The Labute approximate surface area is 163 Å². The summed E-state index contributed by atoms with van der Waals surface area (Å²) < 4.78 is 7.49. The molecule has 0 saturated heterocycles. The van der Waals surface area contributed by atoms with Crippen LogP contribution in [0.3, 0.4) is 0 Å². The van der Waals surface area contributed by atoms with Crippen molar-refractivity contribution in [2.24, 2.45) is 5.84 Å². The van der Waals surface area contributed by atoms with E-state index >= 15 is 0 Å². The van der Waals surface area contributed by atoms with Crippen LogP contribution >= 0.6 is 27.3 Å². The van der Waals surface area contributed by atoms with Crippen LogP contribution in [0.4, 0.5) is 10.8 Å². The summed E-state index contributed by atoms with van der Waals surface area (Å²) in [4.78, 5) is 16.7. The SMILES string of the molecule is Cc1cc(C)c(OCC(=O)Nc2cc(C)c3nc(NN)sc3c2)c(Br)c1. The molecule has 3 aromatic rings. The number of hydrogen-bond acceptors (Lipinski definition) is 6.